The van der Waals surface area contributed by atoms with Crippen molar-refractivity contribution in [3.05, 3.63) is 22.4 Å². The van der Waals surface area contributed by atoms with Crippen molar-refractivity contribution in [1.29, 1.82) is 0 Å². The molecule has 0 aliphatic heterocycles. The van der Waals surface area contributed by atoms with E-state index in [1.54, 1.807) is 0 Å². The van der Waals surface area contributed by atoms with Crippen LogP contribution >= 0.6 is 15.9 Å². The molecule has 4 heteroatoms. The number of hydrogen-bond acceptors (Lipinski definition) is 1. The summed E-state index contributed by atoms with van der Waals surface area (Å²) in [4.78, 5) is 10.4. The SMILES string of the molecule is CC(C)n1cc(CCC(=O)O)cc1Br. The minimum absolute atomic E-state index is 0.189. The highest BCUT2D eigenvalue weighted by Crippen LogP contribution is 2.20. The van der Waals surface area contributed by atoms with Crippen molar-refractivity contribution in [2.45, 2.75) is 32.7 Å². The second-order valence-corrected chi connectivity index (χ2v) is 4.38. The van der Waals surface area contributed by atoms with Crippen molar-refractivity contribution < 1.29 is 9.90 Å². The number of aromatic nitrogens is 1. The Morgan fingerprint density at radius 1 is 1.64 bits per heavy atom. The van der Waals surface area contributed by atoms with Crippen molar-refractivity contribution in [2.24, 2.45) is 0 Å². The molecule has 1 rings (SSSR count). The number of carbonyl (C=O) groups is 1. The van der Waals surface area contributed by atoms with E-state index in [0.29, 0.717) is 12.5 Å². The Morgan fingerprint density at radius 2 is 2.29 bits per heavy atom. The van der Waals surface area contributed by atoms with Crippen molar-refractivity contribution >= 4 is 21.9 Å². The van der Waals surface area contributed by atoms with Gasteiger partial charge in [0.15, 0.2) is 0 Å². The summed E-state index contributed by atoms with van der Waals surface area (Å²) in [5, 5.41) is 8.54. The lowest BCUT2D eigenvalue weighted by Crippen LogP contribution is -1.99. The predicted octanol–water partition coefficient (Wildman–Crippen LogP) is 2.85. The van der Waals surface area contributed by atoms with Crippen LogP contribution in [0.15, 0.2) is 16.9 Å². The van der Waals surface area contributed by atoms with Crippen molar-refractivity contribution in [1.82, 2.24) is 4.57 Å². The van der Waals surface area contributed by atoms with Gasteiger partial charge in [0.05, 0.1) is 4.60 Å². The number of nitrogens with zero attached hydrogens (tertiary/aromatic N) is 1. The van der Waals surface area contributed by atoms with Crippen LogP contribution in [-0.2, 0) is 11.2 Å². The Bertz CT molecular complexity index is 331. The first-order valence-electron chi connectivity index (χ1n) is 4.58. The zero-order valence-corrected chi connectivity index (χ0v) is 9.91. The summed E-state index contributed by atoms with van der Waals surface area (Å²) in [6.45, 7) is 4.18. The summed E-state index contributed by atoms with van der Waals surface area (Å²) in [5.74, 6) is -0.751. The van der Waals surface area contributed by atoms with E-state index in [1.165, 1.54) is 0 Å². The maximum atomic E-state index is 10.4. The molecule has 0 amide bonds. The van der Waals surface area contributed by atoms with E-state index in [4.69, 9.17) is 5.11 Å². The highest BCUT2D eigenvalue weighted by molar-refractivity contribution is 9.10. The summed E-state index contributed by atoms with van der Waals surface area (Å²) >= 11 is 3.44. The summed E-state index contributed by atoms with van der Waals surface area (Å²) in [6, 6.07) is 2.37. The standard InChI is InChI=1S/C10H14BrNO2/c1-7(2)12-6-8(5-9(12)11)3-4-10(13)14/h5-7H,3-4H2,1-2H3,(H,13,14). The van der Waals surface area contributed by atoms with Crippen LogP contribution in [0.4, 0.5) is 0 Å². The minimum Gasteiger partial charge on any atom is -0.481 e. The number of rotatable bonds is 4. The number of aliphatic carboxylic acids is 1. The lowest BCUT2D eigenvalue weighted by atomic mass is 10.2. The Balaban J connectivity index is 2.71. The largest absolute Gasteiger partial charge is 0.481 e. The van der Waals surface area contributed by atoms with E-state index in [2.05, 4.69) is 34.3 Å². The van der Waals surface area contributed by atoms with Gasteiger partial charge in [-0.3, -0.25) is 4.79 Å². The number of carboxylic acid groups (broad SMARTS) is 1. The molecule has 14 heavy (non-hydrogen) atoms. The Labute approximate surface area is 91.9 Å². The molecule has 0 aliphatic carbocycles. The number of aryl methyl sites for hydroxylation is 1. The molecule has 1 aromatic heterocycles. The van der Waals surface area contributed by atoms with Crippen LogP contribution in [0.25, 0.3) is 0 Å². The average molecular weight is 260 g/mol. The molecule has 0 aromatic carbocycles. The topological polar surface area (TPSA) is 42.2 Å². The molecule has 0 aliphatic rings. The second kappa shape index (κ2) is 4.64. The molecule has 0 fully saturated rings. The fourth-order valence-electron chi connectivity index (χ4n) is 1.29. The lowest BCUT2D eigenvalue weighted by Gasteiger charge is -2.07. The van der Waals surface area contributed by atoms with Gasteiger partial charge in [-0.1, -0.05) is 0 Å². The summed E-state index contributed by atoms with van der Waals surface area (Å²) < 4.78 is 3.09. The third kappa shape index (κ3) is 2.87. The lowest BCUT2D eigenvalue weighted by molar-refractivity contribution is -0.136. The van der Waals surface area contributed by atoms with Crippen LogP contribution in [0, 0.1) is 0 Å². The maximum Gasteiger partial charge on any atom is 0.303 e. The van der Waals surface area contributed by atoms with Gasteiger partial charge >= 0.3 is 5.97 Å². The molecule has 0 atom stereocenters. The number of carboxylic acids is 1. The molecule has 0 bridgehead atoms. The average Bonchev–Trinajstić information content (AvgIpc) is 2.43. The van der Waals surface area contributed by atoms with Crippen LogP contribution in [-0.4, -0.2) is 15.6 Å². The van der Waals surface area contributed by atoms with Gasteiger partial charge in [-0.05, 0) is 47.8 Å². The molecular weight excluding hydrogens is 246 g/mol. The van der Waals surface area contributed by atoms with Gasteiger partial charge in [0.2, 0.25) is 0 Å². The van der Waals surface area contributed by atoms with Gasteiger partial charge < -0.3 is 9.67 Å². The van der Waals surface area contributed by atoms with E-state index in [9.17, 15) is 4.79 Å². The van der Waals surface area contributed by atoms with Gasteiger partial charge in [0, 0.05) is 18.7 Å². The highest BCUT2D eigenvalue weighted by atomic mass is 79.9. The van der Waals surface area contributed by atoms with Gasteiger partial charge in [0.25, 0.3) is 0 Å². The molecule has 0 saturated heterocycles. The number of halogens is 1. The van der Waals surface area contributed by atoms with E-state index in [0.717, 1.165) is 10.2 Å². The number of hydrogen-bond donors (Lipinski definition) is 1. The van der Waals surface area contributed by atoms with Crippen molar-refractivity contribution in [3.63, 3.8) is 0 Å². The van der Waals surface area contributed by atoms with Gasteiger partial charge in [-0.2, -0.15) is 0 Å². The first-order chi connectivity index (χ1) is 6.50. The van der Waals surface area contributed by atoms with Gasteiger partial charge in [-0.15, -0.1) is 0 Å². The monoisotopic (exact) mass is 259 g/mol. The zero-order chi connectivity index (χ0) is 10.7. The molecule has 1 aromatic rings. The molecule has 0 saturated carbocycles. The minimum atomic E-state index is -0.751. The van der Waals surface area contributed by atoms with E-state index in [1.807, 2.05) is 12.3 Å². The summed E-state index contributed by atoms with van der Waals surface area (Å²) in [7, 11) is 0. The van der Waals surface area contributed by atoms with E-state index >= 15 is 0 Å². The predicted molar refractivity (Wildman–Crippen MR) is 58.5 cm³/mol. The smallest absolute Gasteiger partial charge is 0.303 e. The fourth-order valence-corrected chi connectivity index (χ4v) is 2.09. The Kier molecular flexibility index (Phi) is 3.75. The Morgan fingerprint density at radius 3 is 2.71 bits per heavy atom. The third-order valence-electron chi connectivity index (χ3n) is 2.04. The van der Waals surface area contributed by atoms with Crippen molar-refractivity contribution in [2.75, 3.05) is 0 Å². The molecule has 0 spiro atoms. The molecular formula is C10H14BrNO2. The molecule has 78 valence electrons. The first-order valence-corrected chi connectivity index (χ1v) is 5.38. The molecule has 1 heterocycles. The van der Waals surface area contributed by atoms with Crippen LogP contribution in [0.5, 0.6) is 0 Å². The third-order valence-corrected chi connectivity index (χ3v) is 2.68. The van der Waals surface area contributed by atoms with Crippen molar-refractivity contribution in [3.8, 4) is 0 Å². The highest BCUT2D eigenvalue weighted by Gasteiger charge is 2.07. The molecule has 0 unspecified atom stereocenters. The van der Waals surface area contributed by atoms with Gasteiger partial charge in [-0.25, -0.2) is 0 Å². The van der Waals surface area contributed by atoms with Crippen LogP contribution in [0.2, 0.25) is 0 Å². The van der Waals surface area contributed by atoms with Crippen LogP contribution in [0.3, 0.4) is 0 Å². The zero-order valence-electron chi connectivity index (χ0n) is 8.33. The summed E-state index contributed by atoms with van der Waals surface area (Å²) in [5.41, 5.74) is 1.06. The van der Waals surface area contributed by atoms with Crippen LogP contribution in [0.1, 0.15) is 31.9 Å². The molecule has 1 N–H and O–H groups in total. The first kappa shape index (κ1) is 11.3. The van der Waals surface area contributed by atoms with E-state index in [-0.39, 0.29) is 6.42 Å². The molecule has 3 nitrogen and oxygen atoms in total. The van der Waals surface area contributed by atoms with Crippen LogP contribution < -0.4 is 0 Å². The Hall–Kier alpha value is -0.770. The second-order valence-electron chi connectivity index (χ2n) is 3.57. The summed E-state index contributed by atoms with van der Waals surface area (Å²) in [6.07, 6.45) is 2.78. The quantitative estimate of drug-likeness (QED) is 0.904. The van der Waals surface area contributed by atoms with E-state index < -0.39 is 5.97 Å². The maximum absolute atomic E-state index is 10.4. The van der Waals surface area contributed by atoms with Gasteiger partial charge in [0.1, 0.15) is 0 Å². The molecule has 0 radical (unpaired) electrons. The normalized spacial score (nSPS) is 10.9. The fraction of sp³-hybridized carbons (Fsp3) is 0.500.